The van der Waals surface area contributed by atoms with Crippen LogP contribution in [0.25, 0.3) is 0 Å². The predicted molar refractivity (Wildman–Crippen MR) is 89.6 cm³/mol. The number of para-hydroxylation sites is 2. The molecule has 1 aliphatic rings. The van der Waals surface area contributed by atoms with E-state index in [1.807, 2.05) is 50.2 Å². The van der Waals surface area contributed by atoms with Crippen molar-refractivity contribution in [2.75, 3.05) is 0 Å². The molecule has 2 aromatic rings. The van der Waals surface area contributed by atoms with E-state index in [0.29, 0.717) is 11.5 Å². The molecule has 116 valence electrons. The topological polar surface area (TPSA) is 40.5 Å². The van der Waals surface area contributed by atoms with Crippen molar-refractivity contribution in [2.45, 2.75) is 51.4 Å². The number of benzene rings is 2. The van der Waals surface area contributed by atoms with Crippen molar-refractivity contribution >= 4 is 0 Å². The van der Waals surface area contributed by atoms with Gasteiger partial charge in [-0.05, 0) is 37.8 Å². The van der Waals surface area contributed by atoms with Gasteiger partial charge < -0.3 is 10.2 Å². The Morgan fingerprint density at radius 3 is 1.64 bits per heavy atom. The third kappa shape index (κ3) is 2.27. The first-order valence-corrected chi connectivity index (χ1v) is 8.14. The average Bonchev–Trinajstić information content (AvgIpc) is 2.53. The number of hydrogen-bond acceptors (Lipinski definition) is 2. The lowest BCUT2D eigenvalue weighted by atomic mass is 9.64. The summed E-state index contributed by atoms with van der Waals surface area (Å²) in [5.74, 6) is 0.760. The smallest absolute Gasteiger partial charge is 0.122 e. The molecule has 0 radical (unpaired) electrons. The molecular formula is C20H24O2. The number of phenolic OH excluding ortho intramolecular Hbond substituents is 2. The number of hydrogen-bond donors (Lipinski definition) is 2. The first-order valence-electron chi connectivity index (χ1n) is 8.14. The van der Waals surface area contributed by atoms with E-state index in [1.54, 1.807) is 0 Å². The first kappa shape index (κ1) is 15.0. The van der Waals surface area contributed by atoms with Gasteiger partial charge in [-0.15, -0.1) is 0 Å². The molecule has 2 aromatic carbocycles. The second-order valence-electron chi connectivity index (χ2n) is 6.58. The average molecular weight is 296 g/mol. The molecule has 0 aromatic heterocycles. The van der Waals surface area contributed by atoms with Crippen LogP contribution in [0.1, 0.15) is 54.4 Å². The minimum Gasteiger partial charge on any atom is -0.507 e. The maximum atomic E-state index is 10.7. The van der Waals surface area contributed by atoms with Crippen LogP contribution >= 0.6 is 0 Å². The fourth-order valence-corrected chi connectivity index (χ4v) is 3.93. The quantitative estimate of drug-likeness (QED) is 0.822. The maximum absolute atomic E-state index is 10.7. The van der Waals surface area contributed by atoms with Gasteiger partial charge in [0.2, 0.25) is 0 Å². The van der Waals surface area contributed by atoms with Crippen LogP contribution in [0.3, 0.4) is 0 Å². The molecule has 0 heterocycles. The highest BCUT2D eigenvalue weighted by molar-refractivity contribution is 5.55. The van der Waals surface area contributed by atoms with Crippen molar-refractivity contribution in [3.63, 3.8) is 0 Å². The van der Waals surface area contributed by atoms with E-state index in [0.717, 1.165) is 47.9 Å². The van der Waals surface area contributed by atoms with Crippen molar-refractivity contribution in [3.05, 3.63) is 58.7 Å². The molecular weight excluding hydrogens is 272 g/mol. The van der Waals surface area contributed by atoms with E-state index in [4.69, 9.17) is 0 Å². The monoisotopic (exact) mass is 296 g/mol. The Labute approximate surface area is 132 Å². The lowest BCUT2D eigenvalue weighted by Gasteiger charge is -2.39. The summed E-state index contributed by atoms with van der Waals surface area (Å²) >= 11 is 0. The molecule has 0 amide bonds. The van der Waals surface area contributed by atoms with Crippen molar-refractivity contribution in [3.8, 4) is 11.5 Å². The number of rotatable bonds is 2. The molecule has 0 bridgehead atoms. The zero-order valence-electron chi connectivity index (χ0n) is 13.4. The Morgan fingerprint density at radius 2 is 1.18 bits per heavy atom. The van der Waals surface area contributed by atoms with Crippen LogP contribution in [-0.4, -0.2) is 10.2 Å². The second kappa shape index (κ2) is 5.68. The van der Waals surface area contributed by atoms with Crippen LogP contribution in [0.4, 0.5) is 0 Å². The SMILES string of the molecule is Cc1cccc(C2(c3cccc(C)c3O)CCCCC2)c1O. The lowest BCUT2D eigenvalue weighted by Crippen LogP contribution is -2.31. The Morgan fingerprint density at radius 1 is 0.727 bits per heavy atom. The molecule has 1 saturated carbocycles. The Hall–Kier alpha value is -1.96. The molecule has 0 atom stereocenters. The fraction of sp³-hybridized carbons (Fsp3) is 0.400. The Bertz CT molecular complexity index is 629. The van der Waals surface area contributed by atoms with Crippen LogP contribution in [0.5, 0.6) is 11.5 Å². The summed E-state index contributed by atoms with van der Waals surface area (Å²) in [6, 6.07) is 11.9. The van der Waals surface area contributed by atoms with Crippen molar-refractivity contribution in [2.24, 2.45) is 0 Å². The van der Waals surface area contributed by atoms with Crippen LogP contribution in [0.15, 0.2) is 36.4 Å². The third-order valence-corrected chi connectivity index (χ3v) is 5.21. The zero-order valence-corrected chi connectivity index (χ0v) is 13.4. The number of aromatic hydroxyl groups is 2. The highest BCUT2D eigenvalue weighted by Gasteiger charge is 2.39. The third-order valence-electron chi connectivity index (χ3n) is 5.21. The normalized spacial score (nSPS) is 17.4. The van der Waals surface area contributed by atoms with Gasteiger partial charge in [-0.3, -0.25) is 0 Å². The molecule has 1 aliphatic carbocycles. The Balaban J connectivity index is 2.25. The zero-order chi connectivity index (χ0) is 15.7. The largest absolute Gasteiger partial charge is 0.507 e. The van der Waals surface area contributed by atoms with Gasteiger partial charge in [-0.25, -0.2) is 0 Å². The van der Waals surface area contributed by atoms with Gasteiger partial charge in [-0.2, -0.15) is 0 Å². The van der Waals surface area contributed by atoms with Crippen LogP contribution in [0, 0.1) is 13.8 Å². The van der Waals surface area contributed by atoms with Gasteiger partial charge >= 0.3 is 0 Å². The second-order valence-corrected chi connectivity index (χ2v) is 6.58. The maximum Gasteiger partial charge on any atom is 0.122 e. The molecule has 1 fully saturated rings. The van der Waals surface area contributed by atoms with Gasteiger partial charge in [0.05, 0.1) is 0 Å². The van der Waals surface area contributed by atoms with E-state index < -0.39 is 0 Å². The predicted octanol–water partition coefficient (Wildman–Crippen LogP) is 4.96. The molecule has 2 nitrogen and oxygen atoms in total. The van der Waals surface area contributed by atoms with E-state index in [9.17, 15) is 10.2 Å². The van der Waals surface area contributed by atoms with Gasteiger partial charge in [0.15, 0.2) is 0 Å². The summed E-state index contributed by atoms with van der Waals surface area (Å²) in [6.45, 7) is 3.87. The lowest BCUT2D eigenvalue weighted by molar-refractivity contribution is 0.320. The molecule has 2 heteroatoms. The molecule has 0 aliphatic heterocycles. The summed E-state index contributed by atoms with van der Waals surface area (Å²) < 4.78 is 0. The molecule has 2 N–H and O–H groups in total. The Kier molecular flexibility index (Phi) is 3.86. The van der Waals surface area contributed by atoms with Crippen LogP contribution in [0.2, 0.25) is 0 Å². The van der Waals surface area contributed by atoms with Crippen molar-refractivity contribution in [1.82, 2.24) is 0 Å². The molecule has 3 rings (SSSR count). The molecule has 0 saturated heterocycles. The fourth-order valence-electron chi connectivity index (χ4n) is 3.93. The standard InChI is InChI=1S/C20H24O2/c1-14-8-6-10-16(18(14)21)20(12-4-3-5-13-20)17-11-7-9-15(2)19(17)22/h6-11,21-22H,3-5,12-13H2,1-2H3. The highest BCUT2D eigenvalue weighted by Crippen LogP contribution is 2.51. The summed E-state index contributed by atoms with van der Waals surface area (Å²) in [5, 5.41) is 21.3. The van der Waals surface area contributed by atoms with E-state index in [2.05, 4.69) is 0 Å². The molecule has 0 unspecified atom stereocenters. The van der Waals surface area contributed by atoms with Gasteiger partial charge in [-0.1, -0.05) is 55.7 Å². The first-order chi connectivity index (χ1) is 10.6. The van der Waals surface area contributed by atoms with Crippen LogP contribution in [-0.2, 0) is 5.41 Å². The van der Waals surface area contributed by atoms with Crippen LogP contribution < -0.4 is 0 Å². The van der Waals surface area contributed by atoms with E-state index >= 15 is 0 Å². The van der Waals surface area contributed by atoms with Gasteiger partial charge in [0.25, 0.3) is 0 Å². The highest BCUT2D eigenvalue weighted by atomic mass is 16.3. The van der Waals surface area contributed by atoms with Gasteiger partial charge in [0, 0.05) is 16.5 Å². The summed E-state index contributed by atoms with van der Waals surface area (Å²) in [4.78, 5) is 0. The minimum absolute atomic E-state index is 0.273. The molecule has 22 heavy (non-hydrogen) atoms. The minimum atomic E-state index is -0.273. The number of aryl methyl sites for hydroxylation is 2. The van der Waals surface area contributed by atoms with Gasteiger partial charge in [0.1, 0.15) is 11.5 Å². The van der Waals surface area contributed by atoms with Crippen molar-refractivity contribution < 1.29 is 10.2 Å². The summed E-state index contributed by atoms with van der Waals surface area (Å²) in [6.07, 6.45) is 5.42. The van der Waals surface area contributed by atoms with E-state index in [1.165, 1.54) is 6.42 Å². The van der Waals surface area contributed by atoms with E-state index in [-0.39, 0.29) is 5.41 Å². The molecule has 0 spiro atoms. The number of phenols is 2. The summed E-state index contributed by atoms with van der Waals surface area (Å²) in [7, 11) is 0. The summed E-state index contributed by atoms with van der Waals surface area (Å²) in [5.41, 5.74) is 3.45. The van der Waals surface area contributed by atoms with Crippen molar-refractivity contribution in [1.29, 1.82) is 0 Å².